The van der Waals surface area contributed by atoms with Crippen LogP contribution in [-0.4, -0.2) is 22.6 Å². The summed E-state index contributed by atoms with van der Waals surface area (Å²) in [5, 5.41) is 19.2. The molecule has 0 unspecified atom stereocenters. The highest BCUT2D eigenvalue weighted by molar-refractivity contribution is 5.93. The second-order valence-corrected chi connectivity index (χ2v) is 2.77. The summed E-state index contributed by atoms with van der Waals surface area (Å²) < 4.78 is 18.3. The molecule has 1 rings (SSSR count). The lowest BCUT2D eigenvalue weighted by molar-refractivity contribution is -0.385. The van der Waals surface area contributed by atoms with Crippen LogP contribution in [0.1, 0.15) is 17.3 Å². The normalized spacial score (nSPS) is 9.88. The number of hydrogen-bond acceptors (Lipinski definition) is 4. The third kappa shape index (κ3) is 2.08. The van der Waals surface area contributed by atoms with Crippen molar-refractivity contribution in [2.45, 2.75) is 6.92 Å². The van der Waals surface area contributed by atoms with E-state index in [1.165, 1.54) is 0 Å². The van der Waals surface area contributed by atoms with Gasteiger partial charge in [-0.2, -0.15) is 0 Å². The van der Waals surface area contributed by atoms with E-state index in [2.05, 4.69) is 0 Å². The fourth-order valence-corrected chi connectivity index (χ4v) is 1.17. The summed E-state index contributed by atoms with van der Waals surface area (Å²) >= 11 is 0. The largest absolute Gasteiger partial charge is 0.491 e. The predicted molar refractivity (Wildman–Crippen MR) is 51.2 cm³/mol. The van der Waals surface area contributed by atoms with Crippen molar-refractivity contribution in [3.63, 3.8) is 0 Å². The summed E-state index contributed by atoms with van der Waals surface area (Å²) in [5.41, 5.74) is -1.79. The van der Waals surface area contributed by atoms with E-state index in [0.29, 0.717) is 0 Å². The molecule has 7 heteroatoms. The van der Waals surface area contributed by atoms with Crippen LogP contribution in [-0.2, 0) is 0 Å². The quantitative estimate of drug-likeness (QED) is 0.628. The number of ether oxygens (including phenoxy) is 1. The van der Waals surface area contributed by atoms with Gasteiger partial charge in [-0.25, -0.2) is 9.18 Å². The second kappa shape index (κ2) is 4.56. The van der Waals surface area contributed by atoms with E-state index in [-0.39, 0.29) is 12.4 Å². The highest BCUT2D eigenvalue weighted by Gasteiger charge is 2.27. The molecule has 0 atom stereocenters. The number of carbonyl (C=O) groups is 1. The van der Waals surface area contributed by atoms with Gasteiger partial charge in [0.2, 0.25) is 0 Å². The molecular formula is C9H8FNO5. The predicted octanol–water partition coefficient (Wildman–Crippen LogP) is 1.83. The van der Waals surface area contributed by atoms with Crippen molar-refractivity contribution in [2.24, 2.45) is 0 Å². The molecule has 1 aromatic carbocycles. The molecule has 86 valence electrons. The molecule has 0 saturated carbocycles. The van der Waals surface area contributed by atoms with Crippen LogP contribution in [0.4, 0.5) is 10.1 Å². The number of carboxylic acid groups (broad SMARTS) is 1. The minimum absolute atomic E-state index is 0.133. The van der Waals surface area contributed by atoms with Gasteiger partial charge in [-0.3, -0.25) is 10.1 Å². The van der Waals surface area contributed by atoms with Crippen LogP contribution in [0.3, 0.4) is 0 Å². The number of hydrogen-bond donors (Lipinski definition) is 1. The molecule has 16 heavy (non-hydrogen) atoms. The monoisotopic (exact) mass is 229 g/mol. The van der Waals surface area contributed by atoms with Crippen LogP contribution >= 0.6 is 0 Å². The molecule has 0 heterocycles. The molecule has 0 aliphatic rings. The Labute approximate surface area is 89.4 Å². The second-order valence-electron chi connectivity index (χ2n) is 2.77. The third-order valence-electron chi connectivity index (χ3n) is 1.79. The van der Waals surface area contributed by atoms with Gasteiger partial charge < -0.3 is 9.84 Å². The average molecular weight is 229 g/mol. The summed E-state index contributed by atoms with van der Waals surface area (Å²) in [6.45, 7) is 1.72. The van der Waals surface area contributed by atoms with Crippen LogP contribution in [0.15, 0.2) is 12.1 Å². The highest BCUT2D eigenvalue weighted by atomic mass is 19.1. The van der Waals surface area contributed by atoms with Crippen LogP contribution < -0.4 is 4.74 Å². The molecule has 0 amide bonds. The first-order chi connectivity index (χ1) is 7.49. The van der Waals surface area contributed by atoms with Gasteiger partial charge in [0, 0.05) is 6.07 Å². The van der Waals surface area contributed by atoms with Crippen molar-refractivity contribution < 1.29 is 24.0 Å². The number of rotatable bonds is 4. The zero-order chi connectivity index (χ0) is 12.3. The van der Waals surface area contributed by atoms with Gasteiger partial charge in [0.05, 0.1) is 11.5 Å². The van der Waals surface area contributed by atoms with Gasteiger partial charge in [0.15, 0.2) is 17.1 Å². The molecule has 0 aliphatic heterocycles. The Hall–Kier alpha value is -2.18. The summed E-state index contributed by atoms with van der Waals surface area (Å²) in [7, 11) is 0. The van der Waals surface area contributed by atoms with Gasteiger partial charge in [-0.15, -0.1) is 0 Å². The number of benzene rings is 1. The van der Waals surface area contributed by atoms with Gasteiger partial charge in [-0.05, 0) is 13.0 Å². The maximum atomic E-state index is 13.5. The molecule has 0 aromatic heterocycles. The van der Waals surface area contributed by atoms with E-state index in [0.717, 1.165) is 12.1 Å². The Bertz CT molecular complexity index is 446. The van der Waals surface area contributed by atoms with Crippen molar-refractivity contribution in [1.82, 2.24) is 0 Å². The van der Waals surface area contributed by atoms with Gasteiger partial charge in [-0.1, -0.05) is 0 Å². The van der Waals surface area contributed by atoms with E-state index in [1.54, 1.807) is 6.92 Å². The molecule has 0 aliphatic carbocycles. The van der Waals surface area contributed by atoms with Gasteiger partial charge in [0.25, 0.3) is 5.69 Å². The topological polar surface area (TPSA) is 89.7 Å². The Kier molecular flexibility index (Phi) is 3.39. The van der Waals surface area contributed by atoms with Crippen LogP contribution in [0.25, 0.3) is 0 Å². The number of aromatic carboxylic acids is 1. The van der Waals surface area contributed by atoms with E-state index < -0.39 is 28.0 Å². The van der Waals surface area contributed by atoms with Crippen LogP contribution in [0.2, 0.25) is 0 Å². The Morgan fingerprint density at radius 2 is 2.25 bits per heavy atom. The van der Waals surface area contributed by atoms with Crippen LogP contribution in [0.5, 0.6) is 5.75 Å². The average Bonchev–Trinajstić information content (AvgIpc) is 2.20. The van der Waals surface area contributed by atoms with Crippen molar-refractivity contribution in [3.05, 3.63) is 33.6 Å². The zero-order valence-corrected chi connectivity index (χ0v) is 8.27. The number of nitrogens with zero attached hydrogens (tertiary/aromatic N) is 1. The fraction of sp³-hybridized carbons (Fsp3) is 0.222. The molecule has 6 nitrogen and oxygen atoms in total. The zero-order valence-electron chi connectivity index (χ0n) is 8.27. The summed E-state index contributed by atoms with van der Waals surface area (Å²) in [6, 6.07) is 1.93. The molecule has 0 radical (unpaired) electrons. The Balaban J connectivity index is 3.41. The summed E-state index contributed by atoms with van der Waals surface area (Å²) in [5.74, 6) is -3.25. The SMILES string of the molecule is CCOc1ccc([N+](=O)[O-])c(C(=O)O)c1F. The first-order valence-corrected chi connectivity index (χ1v) is 4.32. The lowest BCUT2D eigenvalue weighted by atomic mass is 10.1. The maximum Gasteiger partial charge on any atom is 0.345 e. The highest BCUT2D eigenvalue weighted by Crippen LogP contribution is 2.28. The molecule has 0 fully saturated rings. The molecular weight excluding hydrogens is 221 g/mol. The lowest BCUT2D eigenvalue weighted by Gasteiger charge is -2.06. The smallest absolute Gasteiger partial charge is 0.345 e. The van der Waals surface area contributed by atoms with Crippen molar-refractivity contribution in [1.29, 1.82) is 0 Å². The number of nitro benzene ring substituents is 1. The number of carboxylic acids is 1. The fourth-order valence-electron chi connectivity index (χ4n) is 1.17. The minimum Gasteiger partial charge on any atom is -0.491 e. The first-order valence-electron chi connectivity index (χ1n) is 4.32. The van der Waals surface area contributed by atoms with Crippen LogP contribution in [0, 0.1) is 15.9 Å². The molecule has 1 aromatic rings. The lowest BCUT2D eigenvalue weighted by Crippen LogP contribution is -2.08. The third-order valence-corrected chi connectivity index (χ3v) is 1.79. The minimum atomic E-state index is -1.70. The van der Waals surface area contributed by atoms with E-state index in [1.807, 2.05) is 0 Å². The van der Waals surface area contributed by atoms with E-state index >= 15 is 0 Å². The van der Waals surface area contributed by atoms with Gasteiger partial charge >= 0.3 is 5.97 Å². The summed E-state index contributed by atoms with van der Waals surface area (Å²) in [6.07, 6.45) is 0. The number of halogens is 1. The number of nitro groups is 1. The molecule has 0 saturated heterocycles. The Morgan fingerprint density at radius 1 is 1.62 bits per heavy atom. The molecule has 1 N–H and O–H groups in total. The molecule has 0 bridgehead atoms. The first kappa shape index (κ1) is 11.9. The van der Waals surface area contributed by atoms with E-state index in [9.17, 15) is 19.3 Å². The molecule has 0 spiro atoms. The van der Waals surface area contributed by atoms with Crippen molar-refractivity contribution in [2.75, 3.05) is 6.61 Å². The Morgan fingerprint density at radius 3 is 2.69 bits per heavy atom. The maximum absolute atomic E-state index is 13.5. The van der Waals surface area contributed by atoms with Crippen molar-refractivity contribution in [3.8, 4) is 5.75 Å². The van der Waals surface area contributed by atoms with E-state index in [4.69, 9.17) is 9.84 Å². The standard InChI is InChI=1S/C9H8FNO5/c1-2-16-6-4-3-5(11(14)15)7(8(6)10)9(12)13/h3-4H,2H2,1H3,(H,12,13). The van der Waals surface area contributed by atoms with Gasteiger partial charge in [0.1, 0.15) is 0 Å². The summed E-state index contributed by atoms with van der Waals surface area (Å²) in [4.78, 5) is 20.2. The van der Waals surface area contributed by atoms with Crippen molar-refractivity contribution >= 4 is 11.7 Å².